The van der Waals surface area contributed by atoms with Crippen LogP contribution >= 0.6 is 0 Å². The number of carbonyl (C=O) groups excluding carboxylic acids is 2. The van der Waals surface area contributed by atoms with Crippen LogP contribution in [0.15, 0.2) is 47.4 Å². The number of nitrogens with one attached hydrogen (secondary N) is 2. The lowest BCUT2D eigenvalue weighted by Crippen LogP contribution is -2.41. The fraction of sp³-hybridized carbons (Fsp3) is 0.250. The summed E-state index contributed by atoms with van der Waals surface area (Å²) in [5.41, 5.74) is 2.52. The van der Waals surface area contributed by atoms with Gasteiger partial charge in [0.1, 0.15) is 6.07 Å². The van der Waals surface area contributed by atoms with E-state index < -0.39 is 28.4 Å². The molecule has 0 unspecified atom stereocenters. The van der Waals surface area contributed by atoms with Crippen LogP contribution in [0.1, 0.15) is 16.7 Å². The van der Waals surface area contributed by atoms with Gasteiger partial charge in [-0.15, -0.1) is 0 Å². The van der Waals surface area contributed by atoms with Crippen LogP contribution in [0, 0.1) is 25.2 Å². The first-order valence-electron chi connectivity index (χ1n) is 8.74. The number of benzene rings is 2. The molecule has 0 aliphatic rings. The zero-order valence-corrected chi connectivity index (χ0v) is 17.2. The average Bonchev–Trinajstić information content (AvgIpc) is 2.68. The molecule has 0 heterocycles. The number of amides is 2. The molecule has 2 aromatic rings. The van der Waals surface area contributed by atoms with Gasteiger partial charge in [0.15, 0.2) is 0 Å². The minimum atomic E-state index is -4.04. The monoisotopic (exact) mass is 414 g/mol. The van der Waals surface area contributed by atoms with E-state index in [1.165, 1.54) is 25.2 Å². The van der Waals surface area contributed by atoms with E-state index in [1.807, 2.05) is 32.0 Å². The molecule has 2 aromatic carbocycles. The zero-order valence-electron chi connectivity index (χ0n) is 16.4. The van der Waals surface area contributed by atoms with Crippen LogP contribution in [-0.2, 0) is 19.6 Å². The summed E-state index contributed by atoms with van der Waals surface area (Å²) >= 11 is 0. The van der Waals surface area contributed by atoms with E-state index in [9.17, 15) is 18.0 Å². The van der Waals surface area contributed by atoms with E-state index in [0.717, 1.165) is 16.0 Å². The SMILES string of the molecule is Cc1ccc(C)c(NC(=O)CN(C)C(=O)CNS(=O)(=O)c2ccccc2C#N)c1. The first-order valence-corrected chi connectivity index (χ1v) is 10.2. The molecule has 2 rings (SSSR count). The molecule has 0 atom stereocenters. The third-order valence-corrected chi connectivity index (χ3v) is 5.64. The Kier molecular flexibility index (Phi) is 7.09. The Bertz CT molecular complexity index is 1070. The van der Waals surface area contributed by atoms with Crippen LogP contribution in [0.25, 0.3) is 0 Å². The second-order valence-electron chi connectivity index (χ2n) is 6.55. The van der Waals surface area contributed by atoms with Crippen LogP contribution < -0.4 is 10.0 Å². The predicted molar refractivity (Wildman–Crippen MR) is 109 cm³/mol. The molecule has 8 nitrogen and oxygen atoms in total. The molecule has 0 aliphatic heterocycles. The quantitative estimate of drug-likeness (QED) is 0.712. The van der Waals surface area contributed by atoms with Crippen LogP contribution in [0.4, 0.5) is 5.69 Å². The molecule has 0 fully saturated rings. The van der Waals surface area contributed by atoms with Crippen molar-refractivity contribution in [2.45, 2.75) is 18.7 Å². The van der Waals surface area contributed by atoms with Gasteiger partial charge in [-0.05, 0) is 43.2 Å². The molecule has 2 N–H and O–H groups in total. The summed E-state index contributed by atoms with van der Waals surface area (Å²) in [7, 11) is -2.63. The van der Waals surface area contributed by atoms with Gasteiger partial charge in [-0.3, -0.25) is 9.59 Å². The smallest absolute Gasteiger partial charge is 0.243 e. The number of nitrogens with zero attached hydrogens (tertiary/aromatic N) is 2. The van der Waals surface area contributed by atoms with Crippen molar-refractivity contribution in [2.24, 2.45) is 0 Å². The van der Waals surface area contributed by atoms with Crippen LogP contribution in [-0.4, -0.2) is 45.3 Å². The third-order valence-electron chi connectivity index (χ3n) is 4.18. The summed E-state index contributed by atoms with van der Waals surface area (Å²) < 4.78 is 26.9. The van der Waals surface area contributed by atoms with Gasteiger partial charge in [-0.1, -0.05) is 24.3 Å². The molecular weight excluding hydrogens is 392 g/mol. The molecule has 0 spiro atoms. The summed E-state index contributed by atoms with van der Waals surface area (Å²) in [6, 6.07) is 13.1. The van der Waals surface area contributed by atoms with Crippen molar-refractivity contribution < 1.29 is 18.0 Å². The van der Waals surface area contributed by atoms with Gasteiger partial charge in [0.2, 0.25) is 21.8 Å². The van der Waals surface area contributed by atoms with Crippen molar-refractivity contribution in [1.29, 1.82) is 5.26 Å². The van der Waals surface area contributed by atoms with Crippen molar-refractivity contribution in [2.75, 3.05) is 25.5 Å². The molecule has 0 aliphatic carbocycles. The zero-order chi connectivity index (χ0) is 21.6. The number of carbonyl (C=O) groups is 2. The summed E-state index contributed by atoms with van der Waals surface area (Å²) in [5.74, 6) is -0.980. The Morgan fingerprint density at radius 1 is 1.14 bits per heavy atom. The molecular formula is C20H22N4O4S. The highest BCUT2D eigenvalue weighted by atomic mass is 32.2. The van der Waals surface area contributed by atoms with E-state index in [4.69, 9.17) is 5.26 Å². The summed E-state index contributed by atoms with van der Waals surface area (Å²) in [4.78, 5) is 25.4. The van der Waals surface area contributed by atoms with E-state index in [2.05, 4.69) is 10.0 Å². The van der Waals surface area contributed by atoms with Crippen molar-refractivity contribution in [1.82, 2.24) is 9.62 Å². The van der Waals surface area contributed by atoms with Gasteiger partial charge in [0.25, 0.3) is 0 Å². The van der Waals surface area contributed by atoms with Gasteiger partial charge in [0, 0.05) is 12.7 Å². The normalized spacial score (nSPS) is 10.8. The highest BCUT2D eigenvalue weighted by molar-refractivity contribution is 7.89. The highest BCUT2D eigenvalue weighted by Crippen LogP contribution is 2.16. The molecule has 29 heavy (non-hydrogen) atoms. The second kappa shape index (κ2) is 9.32. The molecule has 2 amide bonds. The molecule has 0 saturated heterocycles. The predicted octanol–water partition coefficient (Wildman–Crippen LogP) is 1.55. The van der Waals surface area contributed by atoms with Gasteiger partial charge >= 0.3 is 0 Å². The largest absolute Gasteiger partial charge is 0.335 e. The Balaban J connectivity index is 1.96. The first-order chi connectivity index (χ1) is 13.6. The lowest BCUT2D eigenvalue weighted by Gasteiger charge is -2.18. The Labute approximate surface area is 170 Å². The summed E-state index contributed by atoms with van der Waals surface area (Å²) in [6.07, 6.45) is 0. The Morgan fingerprint density at radius 2 is 1.83 bits per heavy atom. The van der Waals surface area contributed by atoms with Crippen molar-refractivity contribution >= 4 is 27.5 Å². The molecule has 0 saturated carbocycles. The van der Waals surface area contributed by atoms with Gasteiger partial charge in [-0.2, -0.15) is 5.26 Å². The second-order valence-corrected chi connectivity index (χ2v) is 8.28. The first kappa shape index (κ1) is 22.1. The number of hydrogen-bond acceptors (Lipinski definition) is 5. The topological polar surface area (TPSA) is 119 Å². The van der Waals surface area contributed by atoms with E-state index in [0.29, 0.717) is 5.69 Å². The highest BCUT2D eigenvalue weighted by Gasteiger charge is 2.21. The average molecular weight is 414 g/mol. The van der Waals surface area contributed by atoms with Crippen molar-refractivity contribution in [3.8, 4) is 6.07 Å². The Morgan fingerprint density at radius 3 is 2.52 bits per heavy atom. The minimum absolute atomic E-state index is 0.0197. The fourth-order valence-corrected chi connectivity index (χ4v) is 3.66. The van der Waals surface area contributed by atoms with E-state index in [1.54, 1.807) is 12.1 Å². The fourth-order valence-electron chi connectivity index (χ4n) is 2.53. The van der Waals surface area contributed by atoms with Crippen molar-refractivity contribution in [3.05, 3.63) is 59.2 Å². The third kappa shape index (κ3) is 5.88. The number of nitriles is 1. The number of anilines is 1. The minimum Gasteiger partial charge on any atom is -0.335 e. The van der Waals surface area contributed by atoms with Crippen LogP contribution in [0.2, 0.25) is 0 Å². The standard InChI is InChI=1S/C20H22N4O4S/c1-14-8-9-15(2)17(10-14)23-19(25)13-24(3)20(26)12-22-29(27,28)18-7-5-4-6-16(18)11-21/h4-10,22H,12-13H2,1-3H3,(H,23,25). The maximum Gasteiger partial charge on any atom is 0.243 e. The van der Waals surface area contributed by atoms with E-state index in [-0.39, 0.29) is 17.0 Å². The summed E-state index contributed by atoms with van der Waals surface area (Å²) in [6.45, 7) is 3.00. The van der Waals surface area contributed by atoms with Crippen LogP contribution in [0.3, 0.4) is 0 Å². The lowest BCUT2D eigenvalue weighted by molar-refractivity contribution is -0.132. The molecule has 9 heteroatoms. The van der Waals surface area contributed by atoms with Crippen molar-refractivity contribution in [3.63, 3.8) is 0 Å². The number of hydrogen-bond donors (Lipinski definition) is 2. The maximum atomic E-state index is 12.4. The maximum absolute atomic E-state index is 12.4. The number of aryl methyl sites for hydroxylation is 2. The van der Waals surface area contributed by atoms with E-state index >= 15 is 0 Å². The van der Waals surface area contributed by atoms with Gasteiger partial charge in [0.05, 0.1) is 23.5 Å². The molecule has 152 valence electrons. The van der Waals surface area contributed by atoms with Gasteiger partial charge < -0.3 is 10.2 Å². The molecule has 0 radical (unpaired) electrons. The summed E-state index contributed by atoms with van der Waals surface area (Å²) in [5, 5.41) is 11.8. The number of sulfonamides is 1. The number of likely N-dealkylation sites (N-methyl/N-ethyl adjacent to an activating group) is 1. The lowest BCUT2D eigenvalue weighted by atomic mass is 10.1. The number of rotatable bonds is 7. The molecule has 0 bridgehead atoms. The molecule has 0 aromatic heterocycles. The van der Waals surface area contributed by atoms with Gasteiger partial charge in [-0.25, -0.2) is 13.1 Å². The Hall–Kier alpha value is -3.22. The van der Waals surface area contributed by atoms with Crippen LogP contribution in [0.5, 0.6) is 0 Å².